The van der Waals surface area contributed by atoms with Crippen LogP contribution in [0.3, 0.4) is 0 Å². The maximum atomic E-state index is 12.1. The van der Waals surface area contributed by atoms with Crippen molar-refractivity contribution < 1.29 is 27.4 Å². The van der Waals surface area contributed by atoms with E-state index >= 15 is 0 Å². The monoisotopic (exact) mass is 376 g/mol. The number of nitrogens with one attached hydrogen (secondary N) is 1. The van der Waals surface area contributed by atoms with E-state index in [-0.39, 0.29) is 5.88 Å². The van der Waals surface area contributed by atoms with Gasteiger partial charge in [0, 0.05) is 12.6 Å². The summed E-state index contributed by atoms with van der Waals surface area (Å²) in [5.74, 6) is 0.846. The first-order chi connectivity index (χ1) is 11.8. The predicted molar refractivity (Wildman–Crippen MR) is 87.7 cm³/mol. The molecule has 0 saturated carbocycles. The second-order valence-electron chi connectivity index (χ2n) is 4.96. The fourth-order valence-electron chi connectivity index (χ4n) is 2.00. The van der Waals surface area contributed by atoms with Gasteiger partial charge >= 0.3 is 6.18 Å². The summed E-state index contributed by atoms with van der Waals surface area (Å²) in [5, 5.41) is 3.49. The topological polar surface area (TPSA) is 52.6 Å². The summed E-state index contributed by atoms with van der Waals surface area (Å²) in [7, 11) is 3.00. The van der Waals surface area contributed by atoms with E-state index in [9.17, 15) is 13.2 Å². The van der Waals surface area contributed by atoms with Crippen molar-refractivity contribution in [3.05, 3.63) is 41.0 Å². The van der Waals surface area contributed by atoms with Crippen LogP contribution in [-0.2, 0) is 6.54 Å². The van der Waals surface area contributed by atoms with Gasteiger partial charge in [0.05, 0.1) is 31.1 Å². The Morgan fingerprint density at radius 2 is 1.92 bits per heavy atom. The van der Waals surface area contributed by atoms with Crippen molar-refractivity contribution in [1.82, 2.24) is 4.98 Å². The van der Waals surface area contributed by atoms with Crippen molar-refractivity contribution >= 4 is 17.3 Å². The van der Waals surface area contributed by atoms with Crippen LogP contribution in [0.25, 0.3) is 0 Å². The van der Waals surface area contributed by atoms with Crippen LogP contribution in [0.5, 0.6) is 17.4 Å². The molecule has 25 heavy (non-hydrogen) atoms. The van der Waals surface area contributed by atoms with Crippen LogP contribution in [0.4, 0.5) is 18.9 Å². The third-order valence-electron chi connectivity index (χ3n) is 3.11. The molecule has 1 aromatic carbocycles. The minimum absolute atomic E-state index is 0.1000. The molecule has 0 amide bonds. The van der Waals surface area contributed by atoms with Crippen molar-refractivity contribution in [3.8, 4) is 17.4 Å². The minimum Gasteiger partial charge on any atom is -0.493 e. The van der Waals surface area contributed by atoms with E-state index in [1.807, 2.05) is 0 Å². The number of halogens is 4. The number of alkyl halides is 3. The number of ether oxygens (including phenoxy) is 3. The largest absolute Gasteiger partial charge is 0.493 e. The minimum atomic E-state index is -4.40. The lowest BCUT2D eigenvalue weighted by molar-refractivity contribution is -0.154. The molecule has 0 unspecified atom stereocenters. The summed E-state index contributed by atoms with van der Waals surface area (Å²) in [4.78, 5) is 3.82. The summed E-state index contributed by atoms with van der Waals surface area (Å²) >= 11 is 6.13. The molecule has 0 bridgehead atoms. The van der Waals surface area contributed by atoms with Gasteiger partial charge in [-0.1, -0.05) is 11.6 Å². The van der Waals surface area contributed by atoms with Gasteiger partial charge in [0.15, 0.2) is 18.1 Å². The Kier molecular flexibility index (Phi) is 6.19. The highest BCUT2D eigenvalue weighted by atomic mass is 35.5. The molecule has 0 aliphatic carbocycles. The highest BCUT2D eigenvalue weighted by Gasteiger charge is 2.28. The quantitative estimate of drug-likeness (QED) is 0.780. The summed E-state index contributed by atoms with van der Waals surface area (Å²) < 4.78 is 51.2. The normalized spacial score (nSPS) is 11.1. The fraction of sp³-hybridized carbons (Fsp3) is 0.312. The van der Waals surface area contributed by atoms with Gasteiger partial charge in [-0.2, -0.15) is 13.2 Å². The molecule has 1 N–H and O–H groups in total. The molecule has 0 aliphatic rings. The van der Waals surface area contributed by atoms with Crippen LogP contribution in [0.2, 0.25) is 5.02 Å². The van der Waals surface area contributed by atoms with Crippen molar-refractivity contribution in [2.24, 2.45) is 0 Å². The molecule has 0 fully saturated rings. The Labute approximate surface area is 147 Å². The number of hydrogen-bond donors (Lipinski definition) is 1. The smallest absolute Gasteiger partial charge is 0.422 e. The molecule has 0 saturated heterocycles. The molecule has 9 heteroatoms. The number of benzene rings is 1. The molecule has 0 aliphatic heterocycles. The van der Waals surface area contributed by atoms with E-state index in [1.54, 1.807) is 18.2 Å². The Morgan fingerprint density at radius 3 is 2.48 bits per heavy atom. The van der Waals surface area contributed by atoms with Crippen molar-refractivity contribution in [1.29, 1.82) is 0 Å². The Hall–Kier alpha value is -2.35. The first kappa shape index (κ1) is 19.0. The van der Waals surface area contributed by atoms with Gasteiger partial charge in [-0.3, -0.25) is 0 Å². The lowest BCUT2D eigenvalue weighted by Gasteiger charge is -2.13. The van der Waals surface area contributed by atoms with Crippen LogP contribution in [-0.4, -0.2) is 32.0 Å². The van der Waals surface area contributed by atoms with Crippen molar-refractivity contribution in [2.45, 2.75) is 12.7 Å². The van der Waals surface area contributed by atoms with Crippen molar-refractivity contribution in [2.75, 3.05) is 26.1 Å². The number of rotatable bonds is 7. The lowest BCUT2D eigenvalue weighted by Crippen LogP contribution is -2.19. The molecule has 2 aromatic rings. The number of anilines is 1. The van der Waals surface area contributed by atoms with Gasteiger partial charge in [0.25, 0.3) is 0 Å². The zero-order chi connectivity index (χ0) is 18.4. The van der Waals surface area contributed by atoms with E-state index in [0.29, 0.717) is 28.8 Å². The van der Waals surface area contributed by atoms with Crippen LogP contribution in [0, 0.1) is 0 Å². The molecule has 1 aromatic heterocycles. The van der Waals surface area contributed by atoms with Crippen LogP contribution < -0.4 is 19.5 Å². The highest BCUT2D eigenvalue weighted by Crippen LogP contribution is 2.36. The second-order valence-corrected chi connectivity index (χ2v) is 5.36. The first-order valence-electron chi connectivity index (χ1n) is 7.12. The van der Waals surface area contributed by atoms with E-state index in [2.05, 4.69) is 15.0 Å². The summed E-state index contributed by atoms with van der Waals surface area (Å²) in [6.45, 7) is -0.971. The second kappa shape index (κ2) is 8.15. The summed E-state index contributed by atoms with van der Waals surface area (Å²) in [5.41, 5.74) is 1.45. The number of aromatic nitrogens is 1. The maximum absolute atomic E-state index is 12.1. The lowest BCUT2D eigenvalue weighted by atomic mass is 10.2. The Bertz CT molecular complexity index is 709. The van der Waals surface area contributed by atoms with E-state index in [0.717, 1.165) is 5.56 Å². The van der Waals surface area contributed by atoms with Gasteiger partial charge in [-0.05, 0) is 23.8 Å². The Morgan fingerprint density at radius 1 is 1.16 bits per heavy atom. The van der Waals surface area contributed by atoms with E-state index in [4.69, 9.17) is 21.1 Å². The zero-order valence-electron chi connectivity index (χ0n) is 13.5. The molecular weight excluding hydrogens is 361 g/mol. The van der Waals surface area contributed by atoms with Gasteiger partial charge < -0.3 is 19.5 Å². The molecule has 0 radical (unpaired) electrons. The predicted octanol–water partition coefficient (Wildman–Crippen LogP) is 4.31. The SMILES string of the molecule is COc1cc(CNc2ccc(OCC(F)(F)F)nc2)cc(Cl)c1OC. The third-order valence-corrected chi connectivity index (χ3v) is 3.39. The maximum Gasteiger partial charge on any atom is 0.422 e. The van der Waals surface area contributed by atoms with Gasteiger partial charge in [0.2, 0.25) is 5.88 Å². The number of nitrogens with zero attached hydrogens (tertiary/aromatic N) is 1. The molecular formula is C16H16ClF3N2O3. The Balaban J connectivity index is 1.98. The standard InChI is InChI=1S/C16H16ClF3N2O3/c1-23-13-6-10(5-12(17)15(13)24-2)7-21-11-3-4-14(22-8-11)25-9-16(18,19)20/h3-6,8,21H,7,9H2,1-2H3. The molecule has 2 rings (SSSR count). The average molecular weight is 377 g/mol. The third kappa shape index (κ3) is 5.60. The average Bonchev–Trinajstić information content (AvgIpc) is 2.57. The molecule has 1 heterocycles. The van der Waals surface area contributed by atoms with Gasteiger partial charge in [0.1, 0.15) is 0 Å². The number of hydrogen-bond acceptors (Lipinski definition) is 5. The highest BCUT2D eigenvalue weighted by molar-refractivity contribution is 6.32. The molecule has 136 valence electrons. The summed E-state index contributed by atoms with van der Waals surface area (Å²) in [6.07, 6.45) is -3.01. The van der Waals surface area contributed by atoms with E-state index in [1.165, 1.54) is 26.5 Å². The number of pyridine rings is 1. The molecule has 0 spiro atoms. The fourth-order valence-corrected chi connectivity index (χ4v) is 2.31. The van der Waals surface area contributed by atoms with Crippen LogP contribution in [0.1, 0.15) is 5.56 Å². The van der Waals surface area contributed by atoms with Gasteiger partial charge in [-0.15, -0.1) is 0 Å². The summed E-state index contributed by atoms with van der Waals surface area (Å²) in [6, 6.07) is 6.42. The first-order valence-corrected chi connectivity index (χ1v) is 7.50. The number of methoxy groups -OCH3 is 2. The molecule has 0 atom stereocenters. The van der Waals surface area contributed by atoms with Crippen LogP contribution in [0.15, 0.2) is 30.5 Å². The van der Waals surface area contributed by atoms with Crippen molar-refractivity contribution in [3.63, 3.8) is 0 Å². The van der Waals surface area contributed by atoms with Gasteiger partial charge in [-0.25, -0.2) is 4.98 Å². The zero-order valence-corrected chi connectivity index (χ0v) is 14.2. The molecule has 5 nitrogen and oxygen atoms in total. The van der Waals surface area contributed by atoms with Crippen LogP contribution >= 0.6 is 11.6 Å². The van der Waals surface area contributed by atoms with E-state index < -0.39 is 12.8 Å².